The van der Waals surface area contributed by atoms with Gasteiger partial charge in [-0.25, -0.2) is 0 Å². The maximum absolute atomic E-state index is 12.5. The van der Waals surface area contributed by atoms with Crippen LogP contribution in [0.3, 0.4) is 0 Å². The van der Waals surface area contributed by atoms with Crippen molar-refractivity contribution < 1.29 is 9.53 Å². The lowest BCUT2D eigenvalue weighted by Crippen LogP contribution is -2.15. The summed E-state index contributed by atoms with van der Waals surface area (Å²) in [5.41, 5.74) is 0. The minimum atomic E-state index is -0.257. The topological polar surface area (TPSA) is 94.8 Å². The highest BCUT2D eigenvalue weighted by Crippen LogP contribution is 2.35. The average Bonchev–Trinajstić information content (AvgIpc) is 3.46. The van der Waals surface area contributed by atoms with Gasteiger partial charge >= 0.3 is 0 Å². The van der Waals surface area contributed by atoms with Gasteiger partial charge in [-0.05, 0) is 38.8 Å². The Hall–Kier alpha value is -2.46. The largest absolute Gasteiger partial charge is 0.483 e. The molecule has 170 valence electrons. The molecular weight excluding hydrogens is 444 g/mol. The number of thioether (sulfide) groups is 1. The fourth-order valence-corrected chi connectivity index (χ4v) is 5.58. The predicted octanol–water partition coefficient (Wildman–Crippen LogP) is 5.07. The van der Waals surface area contributed by atoms with Gasteiger partial charge in [0.25, 0.3) is 0 Å². The van der Waals surface area contributed by atoms with Crippen molar-refractivity contribution >= 4 is 34.1 Å². The van der Waals surface area contributed by atoms with E-state index in [0.29, 0.717) is 22.8 Å². The highest BCUT2D eigenvalue weighted by atomic mass is 32.2. The molecule has 1 unspecified atom stereocenters. The van der Waals surface area contributed by atoms with Crippen LogP contribution in [0.4, 0.5) is 5.13 Å². The molecule has 1 saturated carbocycles. The van der Waals surface area contributed by atoms with Gasteiger partial charge in [0.05, 0.1) is 5.75 Å². The van der Waals surface area contributed by atoms with E-state index in [1.807, 2.05) is 48.7 Å². The molecule has 0 spiro atoms. The Morgan fingerprint density at radius 2 is 1.97 bits per heavy atom. The van der Waals surface area contributed by atoms with E-state index in [9.17, 15) is 4.79 Å². The second-order valence-corrected chi connectivity index (χ2v) is 9.73. The minimum absolute atomic E-state index is 0.123. The van der Waals surface area contributed by atoms with E-state index in [1.54, 1.807) is 0 Å². The molecule has 1 aromatic carbocycles. The van der Waals surface area contributed by atoms with E-state index >= 15 is 0 Å². The summed E-state index contributed by atoms with van der Waals surface area (Å²) in [5, 5.41) is 22.2. The number of ether oxygens (including phenoxy) is 1. The molecule has 8 nitrogen and oxygen atoms in total. The van der Waals surface area contributed by atoms with Crippen molar-refractivity contribution in [2.24, 2.45) is 0 Å². The molecule has 1 aliphatic carbocycles. The lowest BCUT2D eigenvalue weighted by molar-refractivity contribution is -0.113. The molecule has 0 aliphatic heterocycles. The molecule has 1 fully saturated rings. The molecule has 1 aliphatic rings. The van der Waals surface area contributed by atoms with Crippen LogP contribution in [-0.2, 0) is 11.3 Å². The summed E-state index contributed by atoms with van der Waals surface area (Å²) in [6.45, 7) is 4.67. The number of carbonyl (C=O) groups is 1. The first kappa shape index (κ1) is 22.7. The SMILES string of the molecule is CCn1c(SCC(=O)Nc2nnc(C3CCCCC3)s2)nnc1C(C)Oc1ccccc1. The van der Waals surface area contributed by atoms with Gasteiger partial charge in [-0.1, -0.05) is 60.6 Å². The Bertz CT molecular complexity index is 1020. The molecule has 32 heavy (non-hydrogen) atoms. The zero-order valence-corrected chi connectivity index (χ0v) is 20.0. The fourth-order valence-electron chi connectivity index (χ4n) is 3.85. The number of nitrogens with one attached hydrogen (secondary N) is 1. The molecule has 10 heteroatoms. The van der Waals surface area contributed by atoms with Gasteiger partial charge in [-0.15, -0.1) is 20.4 Å². The summed E-state index contributed by atoms with van der Waals surface area (Å²) in [6.07, 6.45) is 5.87. The normalized spacial score (nSPS) is 15.4. The van der Waals surface area contributed by atoms with Crippen LogP contribution in [0, 0.1) is 0 Å². The Morgan fingerprint density at radius 1 is 1.19 bits per heavy atom. The van der Waals surface area contributed by atoms with Crippen LogP contribution >= 0.6 is 23.1 Å². The van der Waals surface area contributed by atoms with E-state index in [0.717, 1.165) is 16.6 Å². The van der Waals surface area contributed by atoms with Crippen molar-refractivity contribution in [1.82, 2.24) is 25.0 Å². The van der Waals surface area contributed by atoms with Gasteiger partial charge in [0.1, 0.15) is 10.8 Å². The molecule has 1 atom stereocenters. The van der Waals surface area contributed by atoms with Crippen molar-refractivity contribution in [2.75, 3.05) is 11.1 Å². The number of hydrogen-bond acceptors (Lipinski definition) is 8. The van der Waals surface area contributed by atoms with Gasteiger partial charge < -0.3 is 9.30 Å². The summed E-state index contributed by atoms with van der Waals surface area (Å²) in [5.74, 6) is 2.11. The van der Waals surface area contributed by atoms with Crippen molar-refractivity contribution in [3.8, 4) is 5.75 Å². The monoisotopic (exact) mass is 472 g/mol. The van der Waals surface area contributed by atoms with Crippen molar-refractivity contribution in [2.45, 2.75) is 69.7 Å². The van der Waals surface area contributed by atoms with Gasteiger partial charge in [0.2, 0.25) is 11.0 Å². The number of anilines is 1. The molecule has 4 rings (SSSR count). The standard InChI is InChI=1S/C22H28N6O2S2/c1-3-28-19(15(2)30-17-12-8-5-9-13-17)24-27-22(28)31-14-18(29)23-21-26-25-20(32-21)16-10-6-4-7-11-16/h5,8-9,12-13,15-16H,3-4,6-7,10-11,14H2,1-2H3,(H,23,26,29). The average molecular weight is 473 g/mol. The van der Waals surface area contributed by atoms with Gasteiger partial charge in [0, 0.05) is 12.5 Å². The molecule has 2 aromatic heterocycles. The van der Waals surface area contributed by atoms with Gasteiger partial charge in [0.15, 0.2) is 17.1 Å². The summed E-state index contributed by atoms with van der Waals surface area (Å²) in [7, 11) is 0. The first-order valence-electron chi connectivity index (χ1n) is 11.0. The number of rotatable bonds is 9. The van der Waals surface area contributed by atoms with E-state index in [2.05, 4.69) is 25.7 Å². The second-order valence-electron chi connectivity index (χ2n) is 7.78. The van der Waals surface area contributed by atoms with Crippen LogP contribution < -0.4 is 10.1 Å². The molecule has 0 radical (unpaired) electrons. The number of aromatic nitrogens is 5. The van der Waals surface area contributed by atoms with E-state index in [-0.39, 0.29) is 17.8 Å². The van der Waals surface area contributed by atoms with E-state index in [1.165, 1.54) is 55.2 Å². The van der Waals surface area contributed by atoms with E-state index in [4.69, 9.17) is 4.74 Å². The van der Waals surface area contributed by atoms with Crippen LogP contribution in [0.5, 0.6) is 5.75 Å². The van der Waals surface area contributed by atoms with Crippen LogP contribution in [0.1, 0.15) is 68.8 Å². The molecule has 0 saturated heterocycles. The maximum atomic E-state index is 12.5. The minimum Gasteiger partial charge on any atom is -0.483 e. The highest BCUT2D eigenvalue weighted by Gasteiger charge is 2.21. The van der Waals surface area contributed by atoms with Gasteiger partial charge in [-0.3, -0.25) is 10.1 Å². The highest BCUT2D eigenvalue weighted by molar-refractivity contribution is 7.99. The van der Waals surface area contributed by atoms with Gasteiger partial charge in [-0.2, -0.15) is 0 Å². The van der Waals surface area contributed by atoms with Crippen molar-refractivity contribution in [3.05, 3.63) is 41.2 Å². The number of para-hydroxylation sites is 1. The third-order valence-corrected chi connectivity index (χ3v) is 7.42. The first-order chi connectivity index (χ1) is 15.6. The third-order valence-electron chi connectivity index (χ3n) is 5.46. The Morgan fingerprint density at radius 3 is 2.72 bits per heavy atom. The summed E-state index contributed by atoms with van der Waals surface area (Å²) < 4.78 is 7.97. The number of carbonyl (C=O) groups excluding carboxylic acids is 1. The molecule has 1 amide bonds. The lowest BCUT2D eigenvalue weighted by atomic mass is 9.90. The lowest BCUT2D eigenvalue weighted by Gasteiger charge is -2.18. The molecule has 3 aromatic rings. The Balaban J connectivity index is 1.32. The van der Waals surface area contributed by atoms with Crippen LogP contribution in [-0.4, -0.2) is 36.6 Å². The Kier molecular flexibility index (Phi) is 7.75. The quantitative estimate of drug-likeness (QED) is 0.435. The zero-order chi connectivity index (χ0) is 22.3. The second kappa shape index (κ2) is 10.9. The maximum Gasteiger partial charge on any atom is 0.236 e. The van der Waals surface area contributed by atoms with Crippen LogP contribution in [0.25, 0.3) is 0 Å². The van der Waals surface area contributed by atoms with Crippen LogP contribution in [0.15, 0.2) is 35.5 Å². The summed E-state index contributed by atoms with van der Waals surface area (Å²) in [6, 6.07) is 9.64. The zero-order valence-electron chi connectivity index (χ0n) is 18.4. The van der Waals surface area contributed by atoms with E-state index < -0.39 is 0 Å². The molecule has 1 N–H and O–H groups in total. The summed E-state index contributed by atoms with van der Waals surface area (Å²) >= 11 is 2.85. The summed E-state index contributed by atoms with van der Waals surface area (Å²) in [4.78, 5) is 12.5. The fraction of sp³-hybridized carbons (Fsp3) is 0.500. The Labute approximate surface area is 196 Å². The number of nitrogens with zero attached hydrogens (tertiary/aromatic N) is 5. The number of amides is 1. The third kappa shape index (κ3) is 5.66. The molecule has 2 heterocycles. The first-order valence-corrected chi connectivity index (χ1v) is 12.8. The number of benzene rings is 1. The predicted molar refractivity (Wildman–Crippen MR) is 126 cm³/mol. The molecule has 0 bridgehead atoms. The van der Waals surface area contributed by atoms with Crippen molar-refractivity contribution in [1.29, 1.82) is 0 Å². The van der Waals surface area contributed by atoms with Crippen LogP contribution in [0.2, 0.25) is 0 Å². The molecular formula is C22H28N6O2S2. The number of hydrogen-bond donors (Lipinski definition) is 1. The smallest absolute Gasteiger partial charge is 0.236 e. The van der Waals surface area contributed by atoms with Crippen molar-refractivity contribution in [3.63, 3.8) is 0 Å².